The number of sulfonamides is 1. The number of carbonyl (C=O) groups is 1. The molecule has 3 N–H and O–H groups in total. The van der Waals surface area contributed by atoms with Crippen molar-refractivity contribution in [3.8, 4) is 5.75 Å². The zero-order chi connectivity index (χ0) is 15.2. The minimum absolute atomic E-state index is 0.0467. The number of nitrogens with two attached hydrogens (primary N) is 1. The number of methoxy groups -OCH3 is 1. The lowest BCUT2D eigenvalue weighted by molar-refractivity contribution is -0.118. The van der Waals surface area contributed by atoms with Crippen LogP contribution in [0.25, 0.3) is 0 Å². The number of hydrogen-bond acceptors (Lipinski definition) is 4. The molecule has 0 aromatic heterocycles. The van der Waals surface area contributed by atoms with Crippen molar-refractivity contribution in [1.82, 2.24) is 0 Å². The molecule has 1 aromatic carbocycles. The fourth-order valence-corrected chi connectivity index (χ4v) is 3.93. The molecule has 3 rings (SSSR count). The van der Waals surface area contributed by atoms with E-state index in [9.17, 15) is 13.2 Å². The highest BCUT2D eigenvalue weighted by Gasteiger charge is 2.56. The summed E-state index contributed by atoms with van der Waals surface area (Å²) < 4.78 is 28.0. The average molecular weight is 310 g/mol. The molecule has 6 nitrogen and oxygen atoms in total. The van der Waals surface area contributed by atoms with Gasteiger partial charge in [-0.1, -0.05) is 6.42 Å². The largest absolute Gasteiger partial charge is 0.495 e. The Morgan fingerprint density at radius 2 is 2.00 bits per heavy atom. The van der Waals surface area contributed by atoms with Gasteiger partial charge in [-0.25, -0.2) is 13.6 Å². The first-order valence-electron chi connectivity index (χ1n) is 6.93. The van der Waals surface area contributed by atoms with Crippen LogP contribution < -0.4 is 15.2 Å². The molecule has 0 radical (unpaired) electrons. The molecule has 1 aromatic rings. The molecule has 0 saturated heterocycles. The molecule has 0 heterocycles. The first-order chi connectivity index (χ1) is 9.91. The number of fused-ring (bicyclic) bond motifs is 1. The molecular formula is C14H18N2O4S. The summed E-state index contributed by atoms with van der Waals surface area (Å²) in [6.07, 6.45) is 3.41. The number of amides is 1. The number of hydrogen-bond donors (Lipinski definition) is 2. The number of ether oxygens (including phenoxy) is 1. The number of benzene rings is 1. The summed E-state index contributed by atoms with van der Waals surface area (Å²) in [5.74, 6) is 1.41. The van der Waals surface area contributed by atoms with Gasteiger partial charge in [0.15, 0.2) is 0 Å². The van der Waals surface area contributed by atoms with Crippen molar-refractivity contribution < 1.29 is 17.9 Å². The average Bonchev–Trinajstić information content (AvgIpc) is 2.91. The predicted octanol–water partition coefficient (Wildman–Crippen LogP) is 1.33. The molecule has 2 unspecified atom stereocenters. The topological polar surface area (TPSA) is 98.5 Å². The number of rotatable bonds is 4. The Labute approximate surface area is 123 Å². The molecule has 114 valence electrons. The van der Waals surface area contributed by atoms with E-state index in [0.29, 0.717) is 23.3 Å². The van der Waals surface area contributed by atoms with E-state index in [-0.39, 0.29) is 16.7 Å². The third-order valence-electron chi connectivity index (χ3n) is 4.47. The normalized spacial score (nSPS) is 27.0. The summed E-state index contributed by atoms with van der Waals surface area (Å²) in [7, 11) is -2.35. The maximum Gasteiger partial charge on any atom is 0.238 e. The Bertz CT molecular complexity index is 676. The van der Waals surface area contributed by atoms with Gasteiger partial charge in [-0.05, 0) is 42.9 Å². The van der Waals surface area contributed by atoms with Crippen molar-refractivity contribution in [2.75, 3.05) is 12.4 Å². The van der Waals surface area contributed by atoms with Crippen LogP contribution in [0.1, 0.15) is 19.3 Å². The van der Waals surface area contributed by atoms with E-state index < -0.39 is 10.0 Å². The predicted molar refractivity (Wildman–Crippen MR) is 77.3 cm³/mol. The lowest BCUT2D eigenvalue weighted by Gasteiger charge is -2.12. The molecular weight excluding hydrogens is 292 g/mol. The molecule has 1 amide bonds. The van der Waals surface area contributed by atoms with Crippen molar-refractivity contribution in [3.63, 3.8) is 0 Å². The number of primary sulfonamides is 1. The van der Waals surface area contributed by atoms with Crippen LogP contribution in [0.2, 0.25) is 0 Å². The van der Waals surface area contributed by atoms with Gasteiger partial charge in [0.05, 0.1) is 17.7 Å². The molecule has 2 aliphatic carbocycles. The minimum Gasteiger partial charge on any atom is -0.495 e. The van der Waals surface area contributed by atoms with E-state index in [1.807, 2.05) is 0 Å². The Kier molecular flexibility index (Phi) is 3.41. The number of nitrogens with one attached hydrogen (secondary N) is 1. The molecule has 2 saturated carbocycles. The lowest BCUT2D eigenvalue weighted by atomic mass is 10.1. The first kappa shape index (κ1) is 14.3. The third-order valence-corrected chi connectivity index (χ3v) is 5.38. The molecule has 2 atom stereocenters. The Morgan fingerprint density at radius 1 is 1.33 bits per heavy atom. The highest BCUT2D eigenvalue weighted by atomic mass is 32.2. The van der Waals surface area contributed by atoms with Crippen LogP contribution in [0.3, 0.4) is 0 Å². The van der Waals surface area contributed by atoms with Gasteiger partial charge in [-0.15, -0.1) is 0 Å². The quantitative estimate of drug-likeness (QED) is 0.876. The van der Waals surface area contributed by atoms with E-state index >= 15 is 0 Å². The Morgan fingerprint density at radius 3 is 2.57 bits per heavy atom. The van der Waals surface area contributed by atoms with E-state index in [2.05, 4.69) is 5.32 Å². The van der Waals surface area contributed by atoms with Gasteiger partial charge in [0, 0.05) is 5.92 Å². The van der Waals surface area contributed by atoms with Crippen LogP contribution in [-0.4, -0.2) is 21.4 Å². The summed E-state index contributed by atoms with van der Waals surface area (Å²) in [6, 6.07) is 4.18. The monoisotopic (exact) mass is 310 g/mol. The standard InChI is InChI=1S/C14H18N2O4S/c1-20-12-6-5-8(21(15,18)19)7-11(12)16-14(17)13-9-3-2-4-10(9)13/h5-7,9-10,13H,2-4H2,1H3,(H,16,17)(H2,15,18,19). The van der Waals surface area contributed by atoms with Crippen LogP contribution in [0, 0.1) is 17.8 Å². The lowest BCUT2D eigenvalue weighted by Crippen LogP contribution is -2.18. The van der Waals surface area contributed by atoms with Gasteiger partial charge >= 0.3 is 0 Å². The van der Waals surface area contributed by atoms with Gasteiger partial charge < -0.3 is 10.1 Å². The molecule has 0 bridgehead atoms. The summed E-state index contributed by atoms with van der Waals surface area (Å²) in [5, 5.41) is 7.89. The van der Waals surface area contributed by atoms with Crippen LogP contribution >= 0.6 is 0 Å². The van der Waals surface area contributed by atoms with Gasteiger partial charge in [0.2, 0.25) is 15.9 Å². The van der Waals surface area contributed by atoms with E-state index in [0.717, 1.165) is 12.8 Å². The third kappa shape index (κ3) is 2.63. The SMILES string of the molecule is COc1ccc(S(N)(=O)=O)cc1NC(=O)C1C2CCCC21. The smallest absolute Gasteiger partial charge is 0.238 e. The second kappa shape index (κ2) is 4.99. The van der Waals surface area contributed by atoms with Crippen molar-refractivity contribution in [2.24, 2.45) is 22.9 Å². The van der Waals surface area contributed by atoms with Crippen molar-refractivity contribution in [1.29, 1.82) is 0 Å². The van der Waals surface area contributed by atoms with Crippen molar-refractivity contribution in [2.45, 2.75) is 24.2 Å². The molecule has 21 heavy (non-hydrogen) atoms. The molecule has 0 spiro atoms. The minimum atomic E-state index is -3.81. The highest BCUT2D eigenvalue weighted by molar-refractivity contribution is 7.89. The molecule has 0 aliphatic heterocycles. The van der Waals surface area contributed by atoms with Crippen LogP contribution in [-0.2, 0) is 14.8 Å². The van der Waals surface area contributed by atoms with Crippen LogP contribution in [0.15, 0.2) is 23.1 Å². The second-order valence-electron chi connectivity index (χ2n) is 5.68. The highest BCUT2D eigenvalue weighted by Crippen LogP contribution is 2.57. The molecule has 2 fully saturated rings. The van der Waals surface area contributed by atoms with Gasteiger partial charge in [0.25, 0.3) is 0 Å². The Balaban J connectivity index is 1.82. The number of anilines is 1. The summed E-state index contributed by atoms with van der Waals surface area (Å²) >= 11 is 0. The maximum absolute atomic E-state index is 12.3. The van der Waals surface area contributed by atoms with Gasteiger partial charge in [-0.2, -0.15) is 0 Å². The summed E-state index contributed by atoms with van der Waals surface area (Å²) in [5.41, 5.74) is 0.346. The van der Waals surface area contributed by atoms with Crippen LogP contribution in [0.5, 0.6) is 5.75 Å². The van der Waals surface area contributed by atoms with Gasteiger partial charge in [-0.3, -0.25) is 4.79 Å². The van der Waals surface area contributed by atoms with Crippen molar-refractivity contribution in [3.05, 3.63) is 18.2 Å². The Hall–Kier alpha value is -1.60. The van der Waals surface area contributed by atoms with Crippen molar-refractivity contribution >= 4 is 21.6 Å². The zero-order valence-corrected chi connectivity index (χ0v) is 12.5. The summed E-state index contributed by atoms with van der Waals surface area (Å²) in [4.78, 5) is 12.2. The van der Waals surface area contributed by atoms with E-state index in [4.69, 9.17) is 9.88 Å². The maximum atomic E-state index is 12.3. The van der Waals surface area contributed by atoms with E-state index in [1.165, 1.54) is 31.7 Å². The second-order valence-corrected chi connectivity index (χ2v) is 7.24. The zero-order valence-electron chi connectivity index (χ0n) is 11.7. The summed E-state index contributed by atoms with van der Waals surface area (Å²) in [6.45, 7) is 0. The molecule has 2 aliphatic rings. The fourth-order valence-electron chi connectivity index (χ4n) is 3.39. The van der Waals surface area contributed by atoms with E-state index in [1.54, 1.807) is 0 Å². The van der Waals surface area contributed by atoms with Gasteiger partial charge in [0.1, 0.15) is 5.75 Å². The number of carbonyl (C=O) groups excluding carboxylic acids is 1. The molecule has 7 heteroatoms. The fraction of sp³-hybridized carbons (Fsp3) is 0.500. The first-order valence-corrected chi connectivity index (χ1v) is 8.48. The van der Waals surface area contributed by atoms with Crippen LogP contribution in [0.4, 0.5) is 5.69 Å².